The summed E-state index contributed by atoms with van der Waals surface area (Å²) in [5.74, 6) is -1.49. The van der Waals surface area contributed by atoms with Crippen LogP contribution in [0, 0.1) is 5.92 Å². The molecule has 1 saturated heterocycles. The van der Waals surface area contributed by atoms with Crippen LogP contribution in [0.2, 0.25) is 5.02 Å². The third kappa shape index (κ3) is 4.33. The number of ketones is 1. The Kier molecular flexibility index (Phi) is 6.35. The summed E-state index contributed by atoms with van der Waals surface area (Å²) in [5.41, 5.74) is 1.94. The zero-order valence-electron chi connectivity index (χ0n) is 17.0. The summed E-state index contributed by atoms with van der Waals surface area (Å²) in [6.45, 7) is 1.95. The molecule has 31 heavy (non-hydrogen) atoms. The van der Waals surface area contributed by atoms with Gasteiger partial charge in [0.05, 0.1) is 18.2 Å². The zero-order valence-corrected chi connectivity index (χ0v) is 17.7. The lowest BCUT2D eigenvalue weighted by atomic mass is 9.84. The lowest BCUT2D eigenvalue weighted by molar-refractivity contribution is -0.145. The topological polar surface area (TPSA) is 55.8 Å². The molecule has 1 aliphatic rings. The minimum atomic E-state index is -0.935. The molecule has 0 unspecified atom stereocenters. The number of benzene rings is 3. The molecule has 3 atom stereocenters. The Morgan fingerprint density at radius 2 is 1.55 bits per heavy atom. The van der Waals surface area contributed by atoms with E-state index >= 15 is 0 Å². The normalized spacial score (nSPS) is 20.5. The minimum Gasteiger partial charge on any atom is -0.464 e. The van der Waals surface area contributed by atoms with Gasteiger partial charge in [-0.2, -0.15) is 0 Å². The van der Waals surface area contributed by atoms with Gasteiger partial charge in [0.2, 0.25) is 0 Å². The first kappa shape index (κ1) is 21.1. The quantitative estimate of drug-likeness (QED) is 0.390. The molecule has 0 spiro atoms. The van der Waals surface area contributed by atoms with Crippen molar-refractivity contribution in [3.05, 3.63) is 101 Å². The van der Waals surface area contributed by atoms with Gasteiger partial charge in [-0.05, 0) is 36.8 Å². The van der Waals surface area contributed by atoms with Crippen molar-refractivity contribution in [2.24, 2.45) is 5.92 Å². The molecule has 6 heteroatoms. The van der Waals surface area contributed by atoms with Crippen LogP contribution in [0.15, 0.2) is 84.9 Å². The maximum atomic E-state index is 13.7. The van der Waals surface area contributed by atoms with E-state index < -0.39 is 24.0 Å². The van der Waals surface area contributed by atoms with Gasteiger partial charge < -0.3 is 4.74 Å². The van der Waals surface area contributed by atoms with E-state index in [1.54, 1.807) is 43.3 Å². The maximum Gasteiger partial charge on any atom is 0.332 e. The van der Waals surface area contributed by atoms with Crippen molar-refractivity contribution in [1.82, 2.24) is 0 Å². The highest BCUT2D eigenvalue weighted by Crippen LogP contribution is 2.43. The number of Topliss-reactive ketones (excluding diaryl/α,β-unsaturated/α-hetero) is 1. The second-order valence-corrected chi connectivity index (χ2v) is 7.63. The van der Waals surface area contributed by atoms with Crippen LogP contribution in [0.25, 0.3) is 0 Å². The molecular formula is C25H22ClNO4. The highest BCUT2D eigenvalue weighted by atomic mass is 35.5. The van der Waals surface area contributed by atoms with E-state index in [0.717, 1.165) is 5.56 Å². The van der Waals surface area contributed by atoms with Crippen molar-refractivity contribution in [3.63, 3.8) is 0 Å². The standard InChI is InChI=1S/C25H22ClNO4/c1-2-30-25(29)22-21(23(28)17-9-5-3-6-10-17)24(18-13-15-19(26)16-14-18)31-27(22)20-11-7-4-8-12-20/h3-16,21-22,24H,2H2,1H3/t21-,22-,24-/m0/s1. The molecule has 0 saturated carbocycles. The molecule has 0 radical (unpaired) electrons. The van der Waals surface area contributed by atoms with Gasteiger partial charge in [-0.25, -0.2) is 9.86 Å². The predicted molar refractivity (Wildman–Crippen MR) is 119 cm³/mol. The summed E-state index contributed by atoms with van der Waals surface area (Å²) in [5, 5.41) is 2.08. The molecule has 3 aromatic rings. The molecule has 0 aliphatic carbocycles. The van der Waals surface area contributed by atoms with Crippen LogP contribution < -0.4 is 5.06 Å². The van der Waals surface area contributed by atoms with E-state index in [1.165, 1.54) is 5.06 Å². The van der Waals surface area contributed by atoms with Crippen LogP contribution in [-0.4, -0.2) is 24.4 Å². The van der Waals surface area contributed by atoms with Crippen LogP contribution in [0.5, 0.6) is 0 Å². The van der Waals surface area contributed by atoms with Crippen LogP contribution in [0.4, 0.5) is 5.69 Å². The molecule has 158 valence electrons. The molecule has 1 heterocycles. The number of esters is 1. The number of hydrogen-bond acceptors (Lipinski definition) is 5. The van der Waals surface area contributed by atoms with E-state index in [9.17, 15) is 9.59 Å². The molecular weight excluding hydrogens is 414 g/mol. The van der Waals surface area contributed by atoms with Gasteiger partial charge in [-0.1, -0.05) is 72.3 Å². The smallest absolute Gasteiger partial charge is 0.332 e. The second-order valence-electron chi connectivity index (χ2n) is 7.19. The number of ether oxygens (including phenoxy) is 1. The number of rotatable bonds is 6. The average Bonchev–Trinajstić information content (AvgIpc) is 3.21. The summed E-state index contributed by atoms with van der Waals surface area (Å²) in [6, 6.07) is 24.4. The largest absolute Gasteiger partial charge is 0.464 e. The van der Waals surface area contributed by atoms with E-state index in [2.05, 4.69) is 0 Å². The minimum absolute atomic E-state index is 0.183. The molecule has 3 aromatic carbocycles. The Morgan fingerprint density at radius 3 is 2.16 bits per heavy atom. The SMILES string of the molecule is CCOC(=O)[C@@H]1[C@@H](C(=O)c2ccccc2)[C@H](c2ccc(Cl)cc2)ON1c1ccccc1. The van der Waals surface area contributed by atoms with Gasteiger partial charge in [0.25, 0.3) is 0 Å². The Morgan fingerprint density at radius 1 is 0.935 bits per heavy atom. The van der Waals surface area contributed by atoms with E-state index in [4.69, 9.17) is 21.2 Å². The third-order valence-electron chi connectivity index (χ3n) is 5.24. The van der Waals surface area contributed by atoms with Gasteiger partial charge in [0.15, 0.2) is 11.8 Å². The first-order valence-corrected chi connectivity index (χ1v) is 10.5. The number of anilines is 1. The van der Waals surface area contributed by atoms with Crippen molar-refractivity contribution in [1.29, 1.82) is 0 Å². The maximum absolute atomic E-state index is 13.7. The van der Waals surface area contributed by atoms with Crippen molar-refractivity contribution in [2.75, 3.05) is 11.7 Å². The van der Waals surface area contributed by atoms with Gasteiger partial charge in [-0.3, -0.25) is 9.63 Å². The second kappa shape index (κ2) is 9.33. The van der Waals surface area contributed by atoms with Gasteiger partial charge in [-0.15, -0.1) is 0 Å². The molecule has 1 aliphatic heterocycles. The van der Waals surface area contributed by atoms with Gasteiger partial charge >= 0.3 is 5.97 Å². The number of nitrogens with zero attached hydrogens (tertiary/aromatic N) is 1. The molecule has 0 N–H and O–H groups in total. The third-order valence-corrected chi connectivity index (χ3v) is 5.50. The summed E-state index contributed by atoms with van der Waals surface area (Å²) in [7, 11) is 0. The van der Waals surface area contributed by atoms with Crippen LogP contribution in [0.3, 0.4) is 0 Å². The molecule has 1 fully saturated rings. The molecule has 0 bridgehead atoms. The molecule has 5 nitrogen and oxygen atoms in total. The number of carbonyl (C=O) groups excluding carboxylic acids is 2. The Bertz CT molecular complexity index is 1040. The first-order chi connectivity index (χ1) is 15.1. The molecule has 4 rings (SSSR count). The first-order valence-electron chi connectivity index (χ1n) is 10.1. The highest BCUT2D eigenvalue weighted by Gasteiger charge is 2.52. The summed E-state index contributed by atoms with van der Waals surface area (Å²) >= 11 is 6.07. The fraction of sp³-hybridized carbons (Fsp3) is 0.200. The zero-order chi connectivity index (χ0) is 21.8. The Labute approximate surface area is 186 Å². The number of hydrogen-bond donors (Lipinski definition) is 0. The fourth-order valence-electron chi connectivity index (χ4n) is 3.83. The van der Waals surface area contributed by atoms with E-state index in [-0.39, 0.29) is 12.4 Å². The molecule has 0 amide bonds. The van der Waals surface area contributed by atoms with Gasteiger partial charge in [0, 0.05) is 10.6 Å². The van der Waals surface area contributed by atoms with Gasteiger partial charge in [0.1, 0.15) is 6.10 Å². The summed E-state index contributed by atoms with van der Waals surface area (Å²) < 4.78 is 5.36. The van der Waals surface area contributed by atoms with E-state index in [1.807, 2.05) is 48.5 Å². The summed E-state index contributed by atoms with van der Waals surface area (Å²) in [6.07, 6.45) is -0.681. The monoisotopic (exact) mass is 435 g/mol. The average molecular weight is 436 g/mol. The number of halogens is 1. The number of para-hydroxylation sites is 1. The predicted octanol–water partition coefficient (Wildman–Crippen LogP) is 5.26. The number of hydroxylamine groups is 1. The highest BCUT2D eigenvalue weighted by molar-refractivity contribution is 6.30. The number of carbonyl (C=O) groups is 2. The fourth-order valence-corrected chi connectivity index (χ4v) is 3.95. The lowest BCUT2D eigenvalue weighted by Crippen LogP contribution is -2.43. The van der Waals surface area contributed by atoms with E-state index in [0.29, 0.717) is 16.3 Å². The Balaban J connectivity index is 1.83. The van der Waals surface area contributed by atoms with Crippen LogP contribution in [0.1, 0.15) is 28.9 Å². The van der Waals surface area contributed by atoms with Crippen molar-refractivity contribution >= 4 is 29.0 Å². The van der Waals surface area contributed by atoms with Crippen molar-refractivity contribution in [3.8, 4) is 0 Å². The van der Waals surface area contributed by atoms with Crippen LogP contribution >= 0.6 is 11.6 Å². The van der Waals surface area contributed by atoms with Crippen molar-refractivity contribution in [2.45, 2.75) is 19.1 Å². The molecule has 0 aromatic heterocycles. The van der Waals surface area contributed by atoms with Crippen LogP contribution in [-0.2, 0) is 14.4 Å². The lowest BCUT2D eigenvalue weighted by Gasteiger charge is -2.24. The summed E-state index contributed by atoms with van der Waals surface area (Å²) in [4.78, 5) is 33.0. The Hall–Kier alpha value is -3.15. The van der Waals surface area contributed by atoms with Crippen molar-refractivity contribution < 1.29 is 19.2 Å².